The van der Waals surface area contributed by atoms with E-state index in [0.717, 1.165) is 33.1 Å². The zero-order valence-corrected chi connectivity index (χ0v) is 14.7. The normalized spacial score (nSPS) is 11.5. The zero-order chi connectivity index (χ0) is 16.6. The summed E-state index contributed by atoms with van der Waals surface area (Å²) in [4.78, 5) is 20.3. The monoisotopic (exact) mass is 327 g/mol. The Kier molecular flexibility index (Phi) is 4.31. The number of carbonyl (C=O) groups excluding carboxylic acids is 1. The predicted molar refractivity (Wildman–Crippen MR) is 95.4 cm³/mol. The SMILES string of the molecule is Cc1cc(C(=O)CSc2nc3ccccc3[nH]2)c(C)n1C(C)C. The third-order valence-electron chi connectivity index (χ3n) is 4.01. The van der Waals surface area contributed by atoms with Gasteiger partial charge in [0.2, 0.25) is 0 Å². The quantitative estimate of drug-likeness (QED) is 0.553. The molecule has 4 nitrogen and oxygen atoms in total. The molecule has 0 fully saturated rings. The highest BCUT2D eigenvalue weighted by Crippen LogP contribution is 2.24. The van der Waals surface area contributed by atoms with E-state index in [1.807, 2.05) is 37.3 Å². The fourth-order valence-corrected chi connectivity index (χ4v) is 3.83. The molecule has 0 aliphatic heterocycles. The van der Waals surface area contributed by atoms with Gasteiger partial charge in [0.1, 0.15) is 0 Å². The van der Waals surface area contributed by atoms with Crippen LogP contribution in [0, 0.1) is 13.8 Å². The number of para-hydroxylation sites is 2. The molecule has 1 aromatic carbocycles. The van der Waals surface area contributed by atoms with Crippen LogP contribution < -0.4 is 0 Å². The van der Waals surface area contributed by atoms with E-state index in [9.17, 15) is 4.79 Å². The van der Waals surface area contributed by atoms with Crippen LogP contribution in [0.4, 0.5) is 0 Å². The number of thioether (sulfide) groups is 1. The summed E-state index contributed by atoms with van der Waals surface area (Å²) < 4.78 is 2.21. The van der Waals surface area contributed by atoms with Crippen LogP contribution in [0.5, 0.6) is 0 Å². The van der Waals surface area contributed by atoms with Crippen molar-refractivity contribution in [2.75, 3.05) is 5.75 Å². The number of aromatic amines is 1. The number of imidazole rings is 1. The Morgan fingerprint density at radius 3 is 2.70 bits per heavy atom. The smallest absolute Gasteiger partial charge is 0.175 e. The number of H-pyrrole nitrogens is 1. The average molecular weight is 327 g/mol. The van der Waals surface area contributed by atoms with Crippen LogP contribution in [0.3, 0.4) is 0 Å². The van der Waals surface area contributed by atoms with Crippen LogP contribution in [0.2, 0.25) is 0 Å². The summed E-state index contributed by atoms with van der Waals surface area (Å²) in [6, 6.07) is 10.2. The lowest BCUT2D eigenvalue weighted by Gasteiger charge is -2.13. The van der Waals surface area contributed by atoms with E-state index < -0.39 is 0 Å². The molecular weight excluding hydrogens is 306 g/mol. The van der Waals surface area contributed by atoms with E-state index in [1.165, 1.54) is 11.8 Å². The predicted octanol–water partition coefficient (Wildman–Crippen LogP) is 4.54. The Hall–Kier alpha value is -2.01. The number of hydrogen-bond acceptors (Lipinski definition) is 3. The summed E-state index contributed by atoms with van der Waals surface area (Å²) in [6.45, 7) is 8.34. The Morgan fingerprint density at radius 2 is 2.04 bits per heavy atom. The minimum atomic E-state index is 0.149. The molecule has 23 heavy (non-hydrogen) atoms. The number of fused-ring (bicyclic) bond motifs is 1. The Bertz CT molecular complexity index is 827. The number of nitrogens with one attached hydrogen (secondary N) is 1. The Balaban J connectivity index is 1.76. The van der Waals surface area contributed by atoms with E-state index in [2.05, 4.69) is 35.3 Å². The molecule has 0 spiro atoms. The van der Waals surface area contributed by atoms with Gasteiger partial charge < -0.3 is 9.55 Å². The van der Waals surface area contributed by atoms with Crippen molar-refractivity contribution in [1.82, 2.24) is 14.5 Å². The maximum absolute atomic E-state index is 12.6. The minimum absolute atomic E-state index is 0.149. The van der Waals surface area contributed by atoms with Gasteiger partial charge in [0.25, 0.3) is 0 Å². The zero-order valence-electron chi connectivity index (χ0n) is 13.9. The highest BCUT2D eigenvalue weighted by molar-refractivity contribution is 7.99. The number of ketones is 1. The van der Waals surface area contributed by atoms with Crippen molar-refractivity contribution >= 4 is 28.6 Å². The van der Waals surface area contributed by atoms with Gasteiger partial charge in [-0.1, -0.05) is 23.9 Å². The van der Waals surface area contributed by atoms with Gasteiger partial charge in [0.05, 0.1) is 16.8 Å². The van der Waals surface area contributed by atoms with E-state index in [-0.39, 0.29) is 5.78 Å². The van der Waals surface area contributed by atoms with Crippen LogP contribution in [-0.2, 0) is 0 Å². The van der Waals surface area contributed by atoms with Crippen LogP contribution in [0.15, 0.2) is 35.5 Å². The van der Waals surface area contributed by atoms with Crippen LogP contribution in [0.1, 0.15) is 41.6 Å². The summed E-state index contributed by atoms with van der Waals surface area (Å²) in [6.07, 6.45) is 0. The summed E-state index contributed by atoms with van der Waals surface area (Å²) >= 11 is 1.46. The van der Waals surface area contributed by atoms with E-state index in [0.29, 0.717) is 11.8 Å². The molecule has 0 saturated carbocycles. The molecule has 5 heteroatoms. The van der Waals surface area contributed by atoms with Gasteiger partial charge in [-0.05, 0) is 45.9 Å². The topological polar surface area (TPSA) is 50.7 Å². The van der Waals surface area contributed by atoms with Crippen molar-refractivity contribution < 1.29 is 4.79 Å². The van der Waals surface area contributed by atoms with Gasteiger partial charge in [-0.3, -0.25) is 4.79 Å². The van der Waals surface area contributed by atoms with Crippen molar-refractivity contribution in [2.45, 2.75) is 38.9 Å². The first kappa shape index (κ1) is 15.9. The summed E-state index contributed by atoms with van der Waals surface area (Å²) in [7, 11) is 0. The lowest BCUT2D eigenvalue weighted by molar-refractivity contribution is 0.102. The third-order valence-corrected chi connectivity index (χ3v) is 4.88. The van der Waals surface area contributed by atoms with Crippen LogP contribution in [-0.4, -0.2) is 26.1 Å². The van der Waals surface area contributed by atoms with Gasteiger partial charge in [0, 0.05) is 23.0 Å². The molecule has 3 rings (SSSR count). The van der Waals surface area contributed by atoms with Crippen LogP contribution in [0.25, 0.3) is 11.0 Å². The highest BCUT2D eigenvalue weighted by atomic mass is 32.2. The standard InChI is InChI=1S/C18H21N3OS/c1-11(2)21-12(3)9-14(13(21)4)17(22)10-23-18-19-15-7-5-6-8-16(15)20-18/h5-9,11H,10H2,1-4H3,(H,19,20). The largest absolute Gasteiger partial charge is 0.346 e. The van der Waals surface area contributed by atoms with Gasteiger partial charge in [-0.15, -0.1) is 0 Å². The minimum Gasteiger partial charge on any atom is -0.346 e. The second kappa shape index (κ2) is 6.24. The second-order valence-electron chi connectivity index (χ2n) is 6.02. The molecule has 120 valence electrons. The molecular formula is C18H21N3OS. The molecule has 0 unspecified atom stereocenters. The Labute approximate surface area is 140 Å². The summed E-state index contributed by atoms with van der Waals surface area (Å²) in [5.41, 5.74) is 4.93. The van der Waals surface area contributed by atoms with Crippen molar-refractivity contribution in [1.29, 1.82) is 0 Å². The number of Topliss-reactive ketones (excluding diaryl/α,β-unsaturated/α-hetero) is 1. The van der Waals surface area contributed by atoms with Gasteiger partial charge in [-0.2, -0.15) is 0 Å². The Morgan fingerprint density at radius 1 is 1.30 bits per heavy atom. The highest BCUT2D eigenvalue weighted by Gasteiger charge is 2.17. The summed E-state index contributed by atoms with van der Waals surface area (Å²) in [5, 5.41) is 0.789. The van der Waals surface area contributed by atoms with Crippen molar-refractivity contribution in [3.05, 3.63) is 47.3 Å². The molecule has 2 heterocycles. The van der Waals surface area contributed by atoms with Crippen molar-refractivity contribution in [2.24, 2.45) is 0 Å². The number of benzene rings is 1. The number of aryl methyl sites for hydroxylation is 1. The lowest BCUT2D eigenvalue weighted by Crippen LogP contribution is -2.08. The summed E-state index contributed by atoms with van der Waals surface area (Å²) in [5.74, 6) is 0.540. The number of carbonyl (C=O) groups is 1. The van der Waals surface area contributed by atoms with Gasteiger partial charge in [-0.25, -0.2) is 4.98 Å². The van der Waals surface area contributed by atoms with E-state index >= 15 is 0 Å². The first-order valence-corrected chi connectivity index (χ1v) is 8.75. The maximum Gasteiger partial charge on any atom is 0.175 e. The fraction of sp³-hybridized carbons (Fsp3) is 0.333. The van der Waals surface area contributed by atoms with Gasteiger partial charge in [0.15, 0.2) is 10.9 Å². The molecule has 3 aromatic rings. The first-order valence-electron chi connectivity index (χ1n) is 7.76. The maximum atomic E-state index is 12.6. The van der Waals surface area contributed by atoms with E-state index in [4.69, 9.17) is 0 Å². The molecule has 0 saturated heterocycles. The average Bonchev–Trinajstić information content (AvgIpc) is 3.05. The number of aromatic nitrogens is 3. The molecule has 0 amide bonds. The van der Waals surface area contributed by atoms with Gasteiger partial charge >= 0.3 is 0 Å². The molecule has 1 N–H and O–H groups in total. The number of hydrogen-bond donors (Lipinski definition) is 1. The molecule has 0 aliphatic carbocycles. The van der Waals surface area contributed by atoms with E-state index in [1.54, 1.807) is 0 Å². The number of nitrogens with zero attached hydrogens (tertiary/aromatic N) is 2. The molecule has 2 aromatic heterocycles. The molecule has 0 aliphatic rings. The second-order valence-corrected chi connectivity index (χ2v) is 6.98. The fourth-order valence-electron chi connectivity index (χ4n) is 3.06. The molecule has 0 radical (unpaired) electrons. The lowest BCUT2D eigenvalue weighted by atomic mass is 10.2. The van der Waals surface area contributed by atoms with Crippen molar-refractivity contribution in [3.8, 4) is 0 Å². The third kappa shape index (κ3) is 3.06. The van der Waals surface area contributed by atoms with Crippen LogP contribution >= 0.6 is 11.8 Å². The molecule has 0 bridgehead atoms. The number of rotatable bonds is 5. The first-order chi connectivity index (χ1) is 11.0. The van der Waals surface area contributed by atoms with Crippen molar-refractivity contribution in [3.63, 3.8) is 0 Å². The molecule has 0 atom stereocenters.